The molecule has 142 valence electrons. The zero-order valence-corrected chi connectivity index (χ0v) is 15.8. The Morgan fingerprint density at radius 2 is 2.20 bits per heavy atom. The van der Waals surface area contributed by atoms with E-state index in [1.54, 1.807) is 6.26 Å². The third-order valence-electron chi connectivity index (χ3n) is 4.48. The highest BCUT2D eigenvalue weighted by Gasteiger charge is 2.14. The van der Waals surface area contributed by atoms with Crippen LogP contribution >= 0.6 is 0 Å². The summed E-state index contributed by atoms with van der Waals surface area (Å²) in [5, 5.41) is 6.74. The number of aliphatic imine (C=N–C) groups is 1. The molecule has 1 aliphatic rings. The van der Waals surface area contributed by atoms with E-state index in [0.29, 0.717) is 13.2 Å². The summed E-state index contributed by atoms with van der Waals surface area (Å²) in [6, 6.07) is 3.80. The molecule has 1 saturated heterocycles. The van der Waals surface area contributed by atoms with E-state index in [9.17, 15) is 0 Å². The molecule has 0 radical (unpaired) electrons. The number of hydrogen-bond acceptors (Lipinski definition) is 4. The number of guanidine groups is 1. The lowest BCUT2D eigenvalue weighted by Gasteiger charge is -2.30. The summed E-state index contributed by atoms with van der Waals surface area (Å²) in [4.78, 5) is 7.16. The summed E-state index contributed by atoms with van der Waals surface area (Å²) in [7, 11) is 0. The van der Waals surface area contributed by atoms with Crippen LogP contribution in [-0.4, -0.2) is 56.7 Å². The molecular weight excluding hydrogens is 316 g/mol. The van der Waals surface area contributed by atoms with Crippen LogP contribution in [0.2, 0.25) is 0 Å². The van der Waals surface area contributed by atoms with E-state index in [1.807, 2.05) is 12.1 Å². The number of likely N-dealkylation sites (tertiary alicyclic amines) is 1. The average Bonchev–Trinajstić information content (AvgIpc) is 3.13. The van der Waals surface area contributed by atoms with E-state index in [1.165, 1.54) is 25.9 Å². The number of nitrogens with one attached hydrogen (secondary N) is 2. The van der Waals surface area contributed by atoms with Crippen molar-refractivity contribution in [1.29, 1.82) is 0 Å². The lowest BCUT2D eigenvalue weighted by Crippen LogP contribution is -2.43. The van der Waals surface area contributed by atoms with Crippen LogP contribution in [0.3, 0.4) is 0 Å². The van der Waals surface area contributed by atoms with Crippen LogP contribution in [-0.2, 0) is 11.3 Å². The SMILES string of the molecule is CCNC(=NCCCOCc1ccco1)NCCN1CCC(C)CC1. The first-order valence-corrected chi connectivity index (χ1v) is 9.62. The summed E-state index contributed by atoms with van der Waals surface area (Å²) in [5.74, 6) is 2.66. The third kappa shape index (κ3) is 8.40. The molecule has 0 spiro atoms. The molecule has 25 heavy (non-hydrogen) atoms. The van der Waals surface area contributed by atoms with E-state index in [4.69, 9.17) is 9.15 Å². The Balaban J connectivity index is 1.55. The number of rotatable bonds is 10. The van der Waals surface area contributed by atoms with Crippen molar-refractivity contribution >= 4 is 5.96 Å². The number of piperidine rings is 1. The molecule has 1 aromatic rings. The monoisotopic (exact) mass is 350 g/mol. The van der Waals surface area contributed by atoms with E-state index in [2.05, 4.69) is 34.4 Å². The maximum atomic E-state index is 5.58. The van der Waals surface area contributed by atoms with Gasteiger partial charge in [0.05, 0.1) is 6.26 Å². The van der Waals surface area contributed by atoms with Crippen LogP contribution in [0.4, 0.5) is 0 Å². The van der Waals surface area contributed by atoms with E-state index in [0.717, 1.165) is 50.2 Å². The summed E-state index contributed by atoms with van der Waals surface area (Å²) in [5.41, 5.74) is 0. The molecule has 0 amide bonds. The summed E-state index contributed by atoms with van der Waals surface area (Å²) >= 11 is 0. The van der Waals surface area contributed by atoms with Crippen LogP contribution in [0, 0.1) is 5.92 Å². The zero-order chi connectivity index (χ0) is 17.7. The Hall–Kier alpha value is -1.53. The summed E-state index contributed by atoms with van der Waals surface area (Å²) < 4.78 is 10.8. The van der Waals surface area contributed by atoms with Gasteiger partial charge in [-0.1, -0.05) is 6.92 Å². The van der Waals surface area contributed by atoms with Crippen molar-refractivity contribution in [3.63, 3.8) is 0 Å². The molecule has 1 fully saturated rings. The molecule has 0 saturated carbocycles. The highest BCUT2D eigenvalue weighted by molar-refractivity contribution is 5.79. The molecule has 2 N–H and O–H groups in total. The molecule has 0 bridgehead atoms. The van der Waals surface area contributed by atoms with Crippen molar-refractivity contribution in [1.82, 2.24) is 15.5 Å². The molecular formula is C19H34N4O2. The van der Waals surface area contributed by atoms with Crippen LogP contribution in [0.1, 0.15) is 38.9 Å². The van der Waals surface area contributed by atoms with Crippen molar-refractivity contribution in [2.45, 2.75) is 39.7 Å². The Kier molecular flexibility index (Phi) is 9.44. The fourth-order valence-corrected chi connectivity index (χ4v) is 2.88. The molecule has 2 heterocycles. The van der Waals surface area contributed by atoms with E-state index < -0.39 is 0 Å². The number of nitrogens with zero attached hydrogens (tertiary/aromatic N) is 2. The minimum absolute atomic E-state index is 0.531. The van der Waals surface area contributed by atoms with Crippen molar-refractivity contribution in [3.05, 3.63) is 24.2 Å². The molecule has 1 aromatic heterocycles. The fraction of sp³-hybridized carbons (Fsp3) is 0.737. The molecule has 0 aromatic carbocycles. The van der Waals surface area contributed by atoms with Crippen molar-refractivity contribution < 1.29 is 9.15 Å². The Morgan fingerprint density at radius 3 is 2.92 bits per heavy atom. The second-order valence-electron chi connectivity index (χ2n) is 6.70. The van der Waals surface area contributed by atoms with Crippen LogP contribution in [0.15, 0.2) is 27.8 Å². The van der Waals surface area contributed by atoms with Crippen molar-refractivity contribution in [2.75, 3.05) is 45.9 Å². The summed E-state index contributed by atoms with van der Waals surface area (Å²) in [6.45, 7) is 11.8. The minimum Gasteiger partial charge on any atom is -0.467 e. The first-order chi connectivity index (χ1) is 12.3. The summed E-state index contributed by atoms with van der Waals surface area (Å²) in [6.07, 6.45) is 5.22. The predicted octanol–water partition coefficient (Wildman–Crippen LogP) is 2.47. The standard InChI is InChI=1S/C19H34N4O2/c1-3-20-19(22-10-13-23-11-7-17(2)8-12-23)21-9-5-14-24-16-18-6-4-15-25-18/h4,6,15,17H,3,5,7-14,16H2,1-2H3,(H2,20,21,22). The number of ether oxygens (including phenoxy) is 1. The van der Waals surface area contributed by atoms with Gasteiger partial charge in [-0.05, 0) is 57.3 Å². The van der Waals surface area contributed by atoms with Gasteiger partial charge in [-0.2, -0.15) is 0 Å². The van der Waals surface area contributed by atoms with Crippen molar-refractivity contribution in [2.24, 2.45) is 10.9 Å². The lowest BCUT2D eigenvalue weighted by molar-refractivity contribution is 0.105. The van der Waals surface area contributed by atoms with Gasteiger partial charge in [0, 0.05) is 32.8 Å². The molecule has 6 nitrogen and oxygen atoms in total. The molecule has 0 aliphatic carbocycles. The Bertz CT molecular complexity index is 468. The van der Waals surface area contributed by atoms with Gasteiger partial charge in [-0.25, -0.2) is 0 Å². The van der Waals surface area contributed by atoms with E-state index in [-0.39, 0.29) is 0 Å². The van der Waals surface area contributed by atoms with Gasteiger partial charge < -0.3 is 24.7 Å². The van der Waals surface area contributed by atoms with Crippen LogP contribution in [0.25, 0.3) is 0 Å². The van der Waals surface area contributed by atoms with Gasteiger partial charge in [-0.3, -0.25) is 4.99 Å². The number of hydrogen-bond donors (Lipinski definition) is 2. The Labute approximate surface area is 152 Å². The van der Waals surface area contributed by atoms with Crippen LogP contribution < -0.4 is 10.6 Å². The molecule has 0 unspecified atom stereocenters. The van der Waals surface area contributed by atoms with Gasteiger partial charge >= 0.3 is 0 Å². The van der Waals surface area contributed by atoms with Gasteiger partial charge in [0.1, 0.15) is 12.4 Å². The first kappa shape index (κ1) is 19.8. The molecule has 6 heteroatoms. The lowest BCUT2D eigenvalue weighted by atomic mass is 9.99. The van der Waals surface area contributed by atoms with Gasteiger partial charge in [0.2, 0.25) is 0 Å². The average molecular weight is 351 g/mol. The molecule has 2 rings (SSSR count). The van der Waals surface area contributed by atoms with Crippen LogP contribution in [0.5, 0.6) is 0 Å². The predicted molar refractivity (Wildman–Crippen MR) is 102 cm³/mol. The fourth-order valence-electron chi connectivity index (χ4n) is 2.88. The third-order valence-corrected chi connectivity index (χ3v) is 4.48. The highest BCUT2D eigenvalue weighted by Crippen LogP contribution is 2.15. The maximum absolute atomic E-state index is 5.58. The minimum atomic E-state index is 0.531. The molecule has 0 atom stereocenters. The quantitative estimate of drug-likeness (QED) is 0.386. The number of furan rings is 1. The van der Waals surface area contributed by atoms with Crippen molar-refractivity contribution in [3.8, 4) is 0 Å². The largest absolute Gasteiger partial charge is 0.467 e. The smallest absolute Gasteiger partial charge is 0.191 e. The molecule has 1 aliphatic heterocycles. The maximum Gasteiger partial charge on any atom is 0.191 e. The normalized spacial score (nSPS) is 17.0. The van der Waals surface area contributed by atoms with E-state index >= 15 is 0 Å². The van der Waals surface area contributed by atoms with Gasteiger partial charge in [0.15, 0.2) is 5.96 Å². The van der Waals surface area contributed by atoms with Gasteiger partial charge in [-0.15, -0.1) is 0 Å². The second-order valence-corrected chi connectivity index (χ2v) is 6.70. The Morgan fingerprint density at radius 1 is 1.36 bits per heavy atom. The second kappa shape index (κ2) is 11.9. The first-order valence-electron chi connectivity index (χ1n) is 9.62. The topological polar surface area (TPSA) is 62.0 Å². The zero-order valence-electron chi connectivity index (χ0n) is 15.8. The highest BCUT2D eigenvalue weighted by atomic mass is 16.5. The van der Waals surface area contributed by atoms with Gasteiger partial charge in [0.25, 0.3) is 0 Å².